The zero-order chi connectivity index (χ0) is 14.0. The molecule has 4 heteroatoms. The number of hydrogen-bond acceptors (Lipinski definition) is 3. The van der Waals surface area contributed by atoms with E-state index >= 15 is 0 Å². The molecule has 106 valence electrons. The minimum atomic E-state index is -0.276. The lowest BCUT2D eigenvalue weighted by atomic mass is 9.75. The van der Waals surface area contributed by atoms with Crippen molar-refractivity contribution in [2.24, 2.45) is 0 Å². The van der Waals surface area contributed by atoms with Gasteiger partial charge in [0.05, 0.1) is 5.69 Å². The predicted molar refractivity (Wildman–Crippen MR) is 77.4 cm³/mol. The zero-order valence-electron chi connectivity index (χ0n) is 12.1. The predicted octanol–water partition coefficient (Wildman–Crippen LogP) is 2.32. The van der Waals surface area contributed by atoms with Crippen LogP contribution < -0.4 is 5.73 Å². The highest BCUT2D eigenvalue weighted by atomic mass is 19.1. The van der Waals surface area contributed by atoms with Crippen LogP contribution in [-0.2, 0) is 6.54 Å². The Morgan fingerprint density at radius 3 is 2.47 bits per heavy atom. The molecule has 0 spiro atoms. The minimum Gasteiger partial charge on any atom is -0.396 e. The van der Waals surface area contributed by atoms with E-state index in [1.54, 1.807) is 6.07 Å². The van der Waals surface area contributed by atoms with E-state index in [9.17, 15) is 4.39 Å². The first-order valence-electron chi connectivity index (χ1n) is 6.83. The molecular weight excluding hydrogens is 241 g/mol. The van der Waals surface area contributed by atoms with Gasteiger partial charge in [0.15, 0.2) is 5.82 Å². The van der Waals surface area contributed by atoms with E-state index < -0.39 is 0 Å². The van der Waals surface area contributed by atoms with Gasteiger partial charge in [0, 0.05) is 24.2 Å². The highest BCUT2D eigenvalue weighted by Gasteiger charge is 2.39. The Morgan fingerprint density at radius 2 is 1.95 bits per heavy atom. The number of likely N-dealkylation sites (N-methyl/N-ethyl adjacent to an activating group) is 2. The number of halogens is 1. The fourth-order valence-electron chi connectivity index (χ4n) is 2.90. The van der Waals surface area contributed by atoms with E-state index in [0.717, 1.165) is 6.54 Å². The molecule has 0 amide bonds. The van der Waals surface area contributed by atoms with Crippen LogP contribution >= 0.6 is 0 Å². The Labute approximate surface area is 115 Å². The lowest BCUT2D eigenvalue weighted by Gasteiger charge is -2.49. The maximum absolute atomic E-state index is 13.9. The number of rotatable bonds is 5. The highest BCUT2D eigenvalue weighted by Crippen LogP contribution is 2.36. The van der Waals surface area contributed by atoms with Crippen molar-refractivity contribution in [2.75, 3.05) is 33.4 Å². The number of anilines is 1. The number of nitrogens with two attached hydrogens (primary N) is 1. The molecule has 0 atom stereocenters. The van der Waals surface area contributed by atoms with E-state index in [0.29, 0.717) is 12.1 Å². The van der Waals surface area contributed by atoms with Gasteiger partial charge in [-0.25, -0.2) is 4.39 Å². The summed E-state index contributed by atoms with van der Waals surface area (Å²) in [6.07, 6.45) is 3.74. The molecule has 19 heavy (non-hydrogen) atoms. The third-order valence-electron chi connectivity index (χ3n) is 4.35. The molecule has 0 saturated heterocycles. The first-order valence-corrected chi connectivity index (χ1v) is 6.83. The molecular formula is C15H24FN3. The summed E-state index contributed by atoms with van der Waals surface area (Å²) in [5.41, 5.74) is 6.79. The van der Waals surface area contributed by atoms with E-state index in [4.69, 9.17) is 5.73 Å². The molecule has 0 radical (unpaired) electrons. The fourth-order valence-corrected chi connectivity index (χ4v) is 2.90. The molecule has 3 nitrogen and oxygen atoms in total. The average Bonchev–Trinajstić information content (AvgIpc) is 2.29. The van der Waals surface area contributed by atoms with Crippen LogP contribution in [0.1, 0.15) is 24.8 Å². The number of nitrogens with zero attached hydrogens (tertiary/aromatic N) is 2. The molecule has 1 aliphatic carbocycles. The van der Waals surface area contributed by atoms with Crippen LogP contribution in [0.15, 0.2) is 18.2 Å². The van der Waals surface area contributed by atoms with Crippen molar-refractivity contribution in [3.8, 4) is 0 Å². The van der Waals surface area contributed by atoms with Gasteiger partial charge in [0.1, 0.15) is 0 Å². The fraction of sp³-hybridized carbons (Fsp3) is 0.600. The van der Waals surface area contributed by atoms with Crippen LogP contribution in [-0.4, -0.2) is 43.0 Å². The molecule has 0 unspecified atom stereocenters. The summed E-state index contributed by atoms with van der Waals surface area (Å²) in [7, 11) is 6.31. The van der Waals surface area contributed by atoms with Gasteiger partial charge in [-0.05, 0) is 46.5 Å². The Morgan fingerprint density at radius 1 is 1.26 bits per heavy atom. The summed E-state index contributed by atoms with van der Waals surface area (Å²) in [5.74, 6) is -0.276. The standard InChI is InChI=1S/C15H24FN3/c1-18(2)15(8-5-9-15)11-19(3)10-12-6-4-7-13(17)14(12)16/h4,6-7H,5,8-11,17H2,1-3H3. The van der Waals surface area contributed by atoms with Gasteiger partial charge in [0.2, 0.25) is 0 Å². The van der Waals surface area contributed by atoms with E-state index in [2.05, 4.69) is 23.9 Å². The summed E-state index contributed by atoms with van der Waals surface area (Å²) in [6, 6.07) is 5.23. The van der Waals surface area contributed by atoms with Crippen molar-refractivity contribution < 1.29 is 4.39 Å². The maximum atomic E-state index is 13.9. The van der Waals surface area contributed by atoms with Gasteiger partial charge in [-0.3, -0.25) is 0 Å². The Hall–Kier alpha value is -1.13. The van der Waals surface area contributed by atoms with E-state index in [-0.39, 0.29) is 17.0 Å². The monoisotopic (exact) mass is 265 g/mol. The SMILES string of the molecule is CN(Cc1cccc(N)c1F)CC1(N(C)C)CCC1. The molecule has 1 aromatic rings. The minimum absolute atomic E-state index is 0.233. The summed E-state index contributed by atoms with van der Waals surface area (Å²) < 4.78 is 13.9. The molecule has 2 rings (SSSR count). The highest BCUT2D eigenvalue weighted by molar-refractivity contribution is 5.42. The Balaban J connectivity index is 2.01. The maximum Gasteiger partial charge on any atom is 0.150 e. The third kappa shape index (κ3) is 2.90. The van der Waals surface area contributed by atoms with Crippen molar-refractivity contribution in [3.05, 3.63) is 29.6 Å². The summed E-state index contributed by atoms with van der Waals surface area (Å²) >= 11 is 0. The first-order chi connectivity index (χ1) is 8.94. The van der Waals surface area contributed by atoms with Gasteiger partial charge in [0.25, 0.3) is 0 Å². The first kappa shape index (κ1) is 14.3. The van der Waals surface area contributed by atoms with Crippen molar-refractivity contribution in [3.63, 3.8) is 0 Å². The van der Waals surface area contributed by atoms with Crippen molar-refractivity contribution in [1.29, 1.82) is 0 Å². The zero-order valence-corrected chi connectivity index (χ0v) is 12.1. The molecule has 1 fully saturated rings. The van der Waals surface area contributed by atoms with Crippen LogP contribution in [0, 0.1) is 5.82 Å². The van der Waals surface area contributed by atoms with Crippen LogP contribution in [0.2, 0.25) is 0 Å². The molecule has 1 saturated carbocycles. The van der Waals surface area contributed by atoms with Crippen LogP contribution in [0.3, 0.4) is 0 Å². The smallest absolute Gasteiger partial charge is 0.150 e. The Kier molecular flexibility index (Phi) is 4.11. The lowest BCUT2D eigenvalue weighted by Crippen LogP contribution is -2.56. The lowest BCUT2D eigenvalue weighted by molar-refractivity contribution is 0.0256. The Bertz CT molecular complexity index is 441. The van der Waals surface area contributed by atoms with Crippen molar-refractivity contribution in [1.82, 2.24) is 9.80 Å². The van der Waals surface area contributed by atoms with Gasteiger partial charge in [-0.1, -0.05) is 12.1 Å². The van der Waals surface area contributed by atoms with E-state index in [1.807, 2.05) is 19.2 Å². The average molecular weight is 265 g/mol. The second kappa shape index (κ2) is 5.47. The normalized spacial score (nSPS) is 17.8. The van der Waals surface area contributed by atoms with Gasteiger partial charge < -0.3 is 15.5 Å². The molecule has 2 N–H and O–H groups in total. The van der Waals surface area contributed by atoms with Gasteiger partial charge in [-0.2, -0.15) is 0 Å². The molecule has 1 aliphatic rings. The van der Waals surface area contributed by atoms with Crippen LogP contribution in [0.4, 0.5) is 10.1 Å². The second-order valence-corrected chi connectivity index (χ2v) is 5.96. The van der Waals surface area contributed by atoms with Crippen molar-refractivity contribution in [2.45, 2.75) is 31.3 Å². The number of nitrogen functional groups attached to an aromatic ring is 1. The van der Waals surface area contributed by atoms with Crippen LogP contribution in [0.5, 0.6) is 0 Å². The molecule has 1 aromatic carbocycles. The van der Waals surface area contributed by atoms with Gasteiger partial charge >= 0.3 is 0 Å². The summed E-state index contributed by atoms with van der Waals surface area (Å²) in [6.45, 7) is 1.57. The number of hydrogen-bond donors (Lipinski definition) is 1. The molecule has 0 heterocycles. The second-order valence-electron chi connectivity index (χ2n) is 5.96. The molecule has 0 aromatic heterocycles. The quantitative estimate of drug-likeness (QED) is 0.829. The third-order valence-corrected chi connectivity index (χ3v) is 4.35. The number of benzene rings is 1. The van der Waals surface area contributed by atoms with E-state index in [1.165, 1.54) is 19.3 Å². The molecule has 0 bridgehead atoms. The summed E-state index contributed by atoms with van der Waals surface area (Å²) in [4.78, 5) is 4.50. The van der Waals surface area contributed by atoms with Gasteiger partial charge in [-0.15, -0.1) is 0 Å². The topological polar surface area (TPSA) is 32.5 Å². The largest absolute Gasteiger partial charge is 0.396 e. The van der Waals surface area contributed by atoms with Crippen molar-refractivity contribution >= 4 is 5.69 Å². The summed E-state index contributed by atoms with van der Waals surface area (Å²) in [5, 5.41) is 0. The molecule has 0 aliphatic heterocycles. The van der Waals surface area contributed by atoms with Crippen LogP contribution in [0.25, 0.3) is 0 Å².